The highest BCUT2D eigenvalue weighted by Gasteiger charge is 2.16. The number of halogens is 2. The summed E-state index contributed by atoms with van der Waals surface area (Å²) in [6.45, 7) is 0. The van der Waals surface area contributed by atoms with E-state index >= 15 is 0 Å². The summed E-state index contributed by atoms with van der Waals surface area (Å²) in [5.41, 5.74) is 6.80. The number of benzene rings is 2. The van der Waals surface area contributed by atoms with Gasteiger partial charge in [-0.05, 0) is 30.3 Å². The van der Waals surface area contributed by atoms with Crippen molar-refractivity contribution in [3.8, 4) is 28.6 Å². The molecule has 0 saturated heterocycles. The smallest absolute Gasteiger partial charge is 0.262 e. The van der Waals surface area contributed by atoms with Crippen LogP contribution in [0.1, 0.15) is 0 Å². The number of nitrogens with two attached hydrogens (primary N) is 1. The summed E-state index contributed by atoms with van der Waals surface area (Å²) in [6.07, 6.45) is 0. The monoisotopic (exact) mass is 349 g/mol. The highest BCUT2D eigenvalue weighted by atomic mass is 79.9. The summed E-state index contributed by atoms with van der Waals surface area (Å²) in [5, 5.41) is 13.6. The van der Waals surface area contributed by atoms with Gasteiger partial charge in [0.15, 0.2) is 0 Å². The Morgan fingerprint density at radius 2 is 1.95 bits per heavy atom. The molecule has 3 rings (SSSR count). The molecule has 0 saturated carbocycles. The zero-order valence-electron chi connectivity index (χ0n) is 10.5. The van der Waals surface area contributed by atoms with Gasteiger partial charge in [-0.15, -0.1) is 0 Å². The molecule has 0 radical (unpaired) electrons. The van der Waals surface area contributed by atoms with Crippen LogP contribution >= 0.6 is 15.9 Å². The zero-order valence-corrected chi connectivity index (χ0v) is 12.1. The van der Waals surface area contributed by atoms with Crippen LogP contribution in [0.25, 0.3) is 22.8 Å². The number of phenolic OH excluding ortho intramolecular Hbond substituents is 1. The van der Waals surface area contributed by atoms with Crippen molar-refractivity contribution in [2.24, 2.45) is 0 Å². The molecule has 0 aliphatic carbocycles. The molecule has 0 fully saturated rings. The maximum absolute atomic E-state index is 13.3. The fourth-order valence-electron chi connectivity index (χ4n) is 1.84. The molecule has 0 aliphatic heterocycles. The van der Waals surface area contributed by atoms with Crippen LogP contribution in [0.2, 0.25) is 0 Å². The number of hydrogen-bond acceptors (Lipinski definition) is 5. The number of nitrogens with zero attached hydrogens (tertiary/aromatic N) is 2. The minimum atomic E-state index is -0.408. The predicted molar refractivity (Wildman–Crippen MR) is 78.9 cm³/mol. The first-order chi connectivity index (χ1) is 10.0. The lowest BCUT2D eigenvalue weighted by molar-refractivity contribution is 0.426. The molecule has 1 heterocycles. The summed E-state index contributed by atoms with van der Waals surface area (Å²) in [4.78, 5) is 4.17. The van der Waals surface area contributed by atoms with Crippen LogP contribution < -0.4 is 5.73 Å². The molecule has 3 N–H and O–H groups in total. The SMILES string of the molecule is Nc1ccc(-c2nc(-c3cc(F)ccc3Br)no2)c(O)c1. The van der Waals surface area contributed by atoms with E-state index in [0.29, 0.717) is 21.3 Å². The van der Waals surface area contributed by atoms with Crippen LogP contribution in [-0.2, 0) is 0 Å². The van der Waals surface area contributed by atoms with E-state index in [2.05, 4.69) is 26.1 Å². The van der Waals surface area contributed by atoms with Gasteiger partial charge in [-0.25, -0.2) is 4.39 Å². The number of rotatable bonds is 2. The van der Waals surface area contributed by atoms with Gasteiger partial charge in [0.25, 0.3) is 5.89 Å². The summed E-state index contributed by atoms with van der Waals surface area (Å²) in [6, 6.07) is 8.74. The molecule has 1 aromatic heterocycles. The molecule has 21 heavy (non-hydrogen) atoms. The average Bonchev–Trinajstić information content (AvgIpc) is 2.91. The van der Waals surface area contributed by atoms with Crippen LogP contribution in [0.4, 0.5) is 10.1 Å². The van der Waals surface area contributed by atoms with Crippen molar-refractivity contribution in [2.45, 2.75) is 0 Å². The van der Waals surface area contributed by atoms with Gasteiger partial charge in [-0.2, -0.15) is 4.98 Å². The van der Waals surface area contributed by atoms with Crippen molar-refractivity contribution in [2.75, 3.05) is 5.73 Å². The maximum atomic E-state index is 13.3. The first-order valence-electron chi connectivity index (χ1n) is 5.92. The van der Waals surface area contributed by atoms with Crippen molar-refractivity contribution in [1.29, 1.82) is 0 Å². The Balaban J connectivity index is 2.06. The molecular weight excluding hydrogens is 341 g/mol. The van der Waals surface area contributed by atoms with Crippen LogP contribution in [0.5, 0.6) is 5.75 Å². The summed E-state index contributed by atoms with van der Waals surface area (Å²) in [5.74, 6) is -0.135. The lowest BCUT2D eigenvalue weighted by atomic mass is 10.2. The Hall–Kier alpha value is -2.41. The minimum Gasteiger partial charge on any atom is -0.507 e. The van der Waals surface area contributed by atoms with Crippen molar-refractivity contribution >= 4 is 21.6 Å². The van der Waals surface area contributed by atoms with E-state index < -0.39 is 5.82 Å². The topological polar surface area (TPSA) is 85.2 Å². The van der Waals surface area contributed by atoms with E-state index in [1.807, 2.05) is 0 Å². The molecule has 5 nitrogen and oxygen atoms in total. The lowest BCUT2D eigenvalue weighted by Crippen LogP contribution is -1.87. The Kier molecular flexibility index (Phi) is 3.34. The van der Waals surface area contributed by atoms with E-state index in [1.54, 1.807) is 18.2 Å². The second-order valence-electron chi connectivity index (χ2n) is 4.32. The summed E-state index contributed by atoms with van der Waals surface area (Å²) in [7, 11) is 0. The number of phenols is 1. The summed E-state index contributed by atoms with van der Waals surface area (Å²) < 4.78 is 19.1. The molecule has 0 unspecified atom stereocenters. The Morgan fingerprint density at radius 3 is 2.71 bits per heavy atom. The quantitative estimate of drug-likeness (QED) is 0.690. The molecule has 7 heteroatoms. The number of anilines is 1. The van der Waals surface area contributed by atoms with Crippen molar-refractivity contribution in [1.82, 2.24) is 10.1 Å². The predicted octanol–water partition coefficient (Wildman–Crippen LogP) is 3.59. The van der Waals surface area contributed by atoms with E-state index in [9.17, 15) is 9.50 Å². The largest absolute Gasteiger partial charge is 0.507 e. The van der Waals surface area contributed by atoms with E-state index in [-0.39, 0.29) is 17.5 Å². The standard InChI is InChI=1S/C14H9BrFN3O2/c15-11-4-1-7(16)5-10(11)13-18-14(21-19-13)9-3-2-8(17)6-12(9)20/h1-6,20H,17H2. The second kappa shape index (κ2) is 5.17. The van der Waals surface area contributed by atoms with Crippen LogP contribution in [0.3, 0.4) is 0 Å². The Bertz CT molecular complexity index is 820. The van der Waals surface area contributed by atoms with Crippen molar-refractivity contribution in [3.63, 3.8) is 0 Å². The number of nitrogen functional groups attached to an aromatic ring is 1. The second-order valence-corrected chi connectivity index (χ2v) is 5.18. The zero-order chi connectivity index (χ0) is 15.0. The molecule has 0 atom stereocenters. The van der Waals surface area contributed by atoms with Crippen molar-refractivity contribution < 1.29 is 14.0 Å². The number of hydrogen-bond donors (Lipinski definition) is 2. The van der Waals surface area contributed by atoms with E-state index in [0.717, 1.165) is 0 Å². The van der Waals surface area contributed by atoms with Crippen molar-refractivity contribution in [3.05, 3.63) is 46.7 Å². The van der Waals surface area contributed by atoms with Gasteiger partial charge in [0, 0.05) is 21.8 Å². The van der Waals surface area contributed by atoms with Crippen LogP contribution in [0, 0.1) is 5.82 Å². The number of aromatic hydroxyl groups is 1. The summed E-state index contributed by atoms with van der Waals surface area (Å²) >= 11 is 3.30. The highest BCUT2D eigenvalue weighted by molar-refractivity contribution is 9.10. The highest BCUT2D eigenvalue weighted by Crippen LogP contribution is 2.32. The molecule has 0 aliphatic rings. The van der Waals surface area contributed by atoms with Gasteiger partial charge in [-0.1, -0.05) is 21.1 Å². The van der Waals surface area contributed by atoms with Gasteiger partial charge < -0.3 is 15.4 Å². The molecule has 2 aromatic carbocycles. The van der Waals surface area contributed by atoms with E-state index in [4.69, 9.17) is 10.3 Å². The minimum absolute atomic E-state index is 0.0662. The van der Waals surface area contributed by atoms with E-state index in [1.165, 1.54) is 18.2 Å². The first kappa shape index (κ1) is 13.6. The van der Waals surface area contributed by atoms with Gasteiger partial charge >= 0.3 is 0 Å². The molecular formula is C14H9BrFN3O2. The van der Waals surface area contributed by atoms with Crippen LogP contribution in [0.15, 0.2) is 45.4 Å². The lowest BCUT2D eigenvalue weighted by Gasteiger charge is -2.00. The third-order valence-electron chi connectivity index (χ3n) is 2.85. The molecule has 3 aromatic rings. The molecule has 0 spiro atoms. The third-order valence-corrected chi connectivity index (χ3v) is 3.54. The van der Waals surface area contributed by atoms with Gasteiger partial charge in [0.1, 0.15) is 11.6 Å². The molecule has 106 valence electrons. The maximum Gasteiger partial charge on any atom is 0.262 e. The first-order valence-corrected chi connectivity index (χ1v) is 6.72. The van der Waals surface area contributed by atoms with Crippen LogP contribution in [-0.4, -0.2) is 15.2 Å². The van der Waals surface area contributed by atoms with Gasteiger partial charge in [-0.3, -0.25) is 0 Å². The average molecular weight is 350 g/mol. The Labute approximate surface area is 127 Å². The third kappa shape index (κ3) is 2.59. The fourth-order valence-corrected chi connectivity index (χ4v) is 2.26. The van der Waals surface area contributed by atoms with Gasteiger partial charge in [0.05, 0.1) is 5.56 Å². The fraction of sp³-hybridized carbons (Fsp3) is 0. The van der Waals surface area contributed by atoms with Gasteiger partial charge in [0.2, 0.25) is 5.82 Å². The Morgan fingerprint density at radius 1 is 1.14 bits per heavy atom. The molecule has 0 amide bonds. The number of aromatic nitrogens is 2. The normalized spacial score (nSPS) is 10.8. The molecule has 0 bridgehead atoms.